The Hall–Kier alpha value is -5.60. The third-order valence-corrected chi connectivity index (χ3v) is 11.1. The molecule has 0 bridgehead atoms. The SMILES string of the molecule is CN1c2ccccc2Cc2ccc(C=Cc3ccc4c(c3)C(C)(C)c3cc(C=Cc5ccc6c(c5)N(C)c5ccccc5C6)ccc3-4)cc21. The predicted octanol–water partition coefficient (Wildman–Crippen LogP) is 11.7. The Bertz CT molecular complexity index is 2190. The lowest BCUT2D eigenvalue weighted by Crippen LogP contribution is -2.18. The average molecular weight is 633 g/mol. The molecule has 0 saturated heterocycles. The van der Waals surface area contributed by atoms with Gasteiger partial charge < -0.3 is 9.80 Å². The summed E-state index contributed by atoms with van der Waals surface area (Å²) in [5.74, 6) is 0. The maximum Gasteiger partial charge on any atom is 0.0450 e. The van der Waals surface area contributed by atoms with Gasteiger partial charge in [-0.05, 0) is 91.0 Å². The van der Waals surface area contributed by atoms with Crippen LogP contribution in [0, 0.1) is 0 Å². The lowest BCUT2D eigenvalue weighted by atomic mass is 9.81. The number of anilines is 4. The summed E-state index contributed by atoms with van der Waals surface area (Å²) >= 11 is 0. The molecule has 0 aromatic heterocycles. The standard InChI is InChI=1S/C47H40N2/c1-47(2)41-25-31(13-15-33-17-21-37-29-35-9-5-7-11-43(35)48(3)45(37)27-33)19-23-39(41)40-24-20-32(26-42(40)47)14-16-34-18-22-38-30-36-10-6-8-12-44(36)49(4)46(38)28-34/h5-28H,29-30H2,1-4H3. The normalized spacial score (nSPS) is 15.1. The van der Waals surface area contributed by atoms with Gasteiger partial charge in [0.1, 0.15) is 0 Å². The van der Waals surface area contributed by atoms with Gasteiger partial charge in [0.25, 0.3) is 0 Å². The number of fused-ring (bicyclic) bond motifs is 7. The Morgan fingerprint density at radius 3 is 1.24 bits per heavy atom. The minimum absolute atomic E-state index is 0.0811. The van der Waals surface area contributed by atoms with E-state index in [-0.39, 0.29) is 5.41 Å². The van der Waals surface area contributed by atoms with Gasteiger partial charge in [-0.1, -0.05) is 135 Å². The van der Waals surface area contributed by atoms with Gasteiger partial charge in [0, 0.05) is 55.1 Å². The highest BCUT2D eigenvalue weighted by molar-refractivity contribution is 5.86. The number of hydrogen-bond donors (Lipinski definition) is 0. The molecule has 0 amide bonds. The Labute approximate surface area is 290 Å². The van der Waals surface area contributed by atoms with Gasteiger partial charge in [0.2, 0.25) is 0 Å². The number of hydrogen-bond acceptors (Lipinski definition) is 2. The molecule has 2 aliphatic heterocycles. The van der Waals surface area contributed by atoms with Gasteiger partial charge in [-0.2, -0.15) is 0 Å². The highest BCUT2D eigenvalue weighted by Gasteiger charge is 2.35. The zero-order valence-corrected chi connectivity index (χ0v) is 28.7. The van der Waals surface area contributed by atoms with Crippen molar-refractivity contribution in [2.75, 3.05) is 23.9 Å². The molecule has 0 spiro atoms. The number of para-hydroxylation sites is 2. The molecular formula is C47H40N2. The molecule has 2 nitrogen and oxygen atoms in total. The maximum absolute atomic E-state index is 2.39. The van der Waals surface area contributed by atoms with Crippen LogP contribution in [0.25, 0.3) is 35.4 Å². The van der Waals surface area contributed by atoms with Gasteiger partial charge in [-0.25, -0.2) is 0 Å². The highest BCUT2D eigenvalue weighted by Crippen LogP contribution is 2.49. The molecule has 0 fully saturated rings. The first-order valence-corrected chi connectivity index (χ1v) is 17.4. The van der Waals surface area contributed by atoms with Crippen molar-refractivity contribution in [3.05, 3.63) is 177 Å². The number of nitrogens with zero attached hydrogens (tertiary/aromatic N) is 2. The Balaban J connectivity index is 0.953. The minimum atomic E-state index is -0.0811. The van der Waals surface area contributed by atoms with Crippen molar-refractivity contribution in [3.8, 4) is 11.1 Å². The Morgan fingerprint density at radius 2 is 0.796 bits per heavy atom. The third-order valence-electron chi connectivity index (χ3n) is 11.1. The van der Waals surface area contributed by atoms with E-state index in [0.29, 0.717) is 0 Å². The van der Waals surface area contributed by atoms with Gasteiger partial charge in [-0.15, -0.1) is 0 Å². The zero-order chi connectivity index (χ0) is 33.3. The first kappa shape index (κ1) is 29.5. The van der Waals surface area contributed by atoms with E-state index in [1.54, 1.807) is 0 Å². The molecule has 0 N–H and O–H groups in total. The van der Waals surface area contributed by atoms with E-state index < -0.39 is 0 Å². The molecular weight excluding hydrogens is 593 g/mol. The first-order chi connectivity index (χ1) is 23.8. The average Bonchev–Trinajstić information content (AvgIpc) is 3.35. The van der Waals surface area contributed by atoms with Crippen molar-refractivity contribution in [2.45, 2.75) is 32.1 Å². The fourth-order valence-corrected chi connectivity index (χ4v) is 8.30. The first-order valence-electron chi connectivity index (χ1n) is 17.4. The van der Waals surface area contributed by atoms with Crippen molar-refractivity contribution in [3.63, 3.8) is 0 Å². The van der Waals surface area contributed by atoms with Crippen LogP contribution in [0.1, 0.15) is 69.5 Å². The zero-order valence-electron chi connectivity index (χ0n) is 28.7. The van der Waals surface area contributed by atoms with E-state index in [4.69, 9.17) is 0 Å². The molecule has 2 heterocycles. The molecule has 238 valence electrons. The second-order valence-electron chi connectivity index (χ2n) is 14.4. The van der Waals surface area contributed by atoms with Crippen LogP contribution in [0.15, 0.2) is 121 Å². The van der Waals surface area contributed by atoms with Crippen LogP contribution in [0.3, 0.4) is 0 Å². The van der Waals surface area contributed by atoms with Crippen LogP contribution in [-0.2, 0) is 18.3 Å². The van der Waals surface area contributed by atoms with Crippen molar-refractivity contribution >= 4 is 47.1 Å². The van der Waals surface area contributed by atoms with Crippen molar-refractivity contribution < 1.29 is 0 Å². The van der Waals surface area contributed by atoms with Crippen molar-refractivity contribution in [1.82, 2.24) is 0 Å². The summed E-state index contributed by atoms with van der Waals surface area (Å²) in [6, 6.07) is 45.1. The van der Waals surface area contributed by atoms with Crippen molar-refractivity contribution in [1.29, 1.82) is 0 Å². The van der Waals surface area contributed by atoms with Crippen LogP contribution in [-0.4, -0.2) is 14.1 Å². The molecule has 6 aromatic carbocycles. The molecule has 9 rings (SSSR count). The molecule has 0 unspecified atom stereocenters. The molecule has 0 atom stereocenters. The largest absolute Gasteiger partial charge is 0.344 e. The van der Waals surface area contributed by atoms with E-state index in [2.05, 4.69) is 183 Å². The molecule has 1 aliphatic carbocycles. The Morgan fingerprint density at radius 1 is 0.429 bits per heavy atom. The van der Waals surface area contributed by atoms with E-state index in [9.17, 15) is 0 Å². The van der Waals surface area contributed by atoms with Gasteiger partial charge in [0.15, 0.2) is 0 Å². The molecule has 6 aromatic rings. The molecule has 49 heavy (non-hydrogen) atoms. The third kappa shape index (κ3) is 4.94. The Kier molecular flexibility index (Phi) is 6.78. The van der Waals surface area contributed by atoms with Crippen LogP contribution < -0.4 is 9.80 Å². The summed E-state index contributed by atoms with van der Waals surface area (Å²) < 4.78 is 0. The monoisotopic (exact) mass is 632 g/mol. The second-order valence-corrected chi connectivity index (χ2v) is 14.4. The lowest BCUT2D eigenvalue weighted by molar-refractivity contribution is 0.660. The van der Waals surface area contributed by atoms with Crippen LogP contribution in [0.2, 0.25) is 0 Å². The van der Waals surface area contributed by atoms with E-state index in [1.807, 2.05) is 0 Å². The summed E-state index contributed by atoms with van der Waals surface area (Å²) in [7, 11) is 4.36. The fourth-order valence-electron chi connectivity index (χ4n) is 8.30. The molecule has 2 heteroatoms. The smallest absolute Gasteiger partial charge is 0.0450 e. The van der Waals surface area contributed by atoms with Gasteiger partial charge in [-0.3, -0.25) is 0 Å². The van der Waals surface area contributed by atoms with Crippen LogP contribution >= 0.6 is 0 Å². The predicted molar refractivity (Wildman–Crippen MR) is 209 cm³/mol. The highest BCUT2D eigenvalue weighted by atomic mass is 15.1. The van der Waals surface area contributed by atoms with E-state index in [0.717, 1.165) is 12.8 Å². The van der Waals surface area contributed by atoms with Crippen LogP contribution in [0.5, 0.6) is 0 Å². The summed E-state index contributed by atoms with van der Waals surface area (Å²) in [6.45, 7) is 4.74. The summed E-state index contributed by atoms with van der Waals surface area (Å²) in [6.07, 6.45) is 11.0. The summed E-state index contributed by atoms with van der Waals surface area (Å²) in [5, 5.41) is 0. The van der Waals surface area contributed by atoms with E-state index in [1.165, 1.54) is 89.5 Å². The van der Waals surface area contributed by atoms with E-state index >= 15 is 0 Å². The topological polar surface area (TPSA) is 6.48 Å². The maximum atomic E-state index is 2.39. The molecule has 0 saturated carbocycles. The van der Waals surface area contributed by atoms with Crippen LogP contribution in [0.4, 0.5) is 22.7 Å². The van der Waals surface area contributed by atoms with Crippen molar-refractivity contribution in [2.24, 2.45) is 0 Å². The van der Waals surface area contributed by atoms with Gasteiger partial charge >= 0.3 is 0 Å². The quantitative estimate of drug-likeness (QED) is 0.178. The fraction of sp³-hybridized carbons (Fsp3) is 0.149. The molecule has 0 radical (unpaired) electrons. The second kappa shape index (κ2) is 11.2. The number of benzene rings is 6. The minimum Gasteiger partial charge on any atom is -0.344 e. The summed E-state index contributed by atoms with van der Waals surface area (Å²) in [5.41, 5.74) is 21.0. The van der Waals surface area contributed by atoms with Gasteiger partial charge in [0.05, 0.1) is 0 Å². The lowest BCUT2D eigenvalue weighted by Gasteiger charge is -2.30. The molecule has 3 aliphatic rings. The number of rotatable bonds is 4. The summed E-state index contributed by atoms with van der Waals surface area (Å²) in [4.78, 5) is 4.66.